The normalized spacial score (nSPS) is 12.5. The Morgan fingerprint density at radius 1 is 1.59 bits per heavy atom. The molecule has 1 unspecified atom stereocenters. The Morgan fingerprint density at radius 3 is 2.82 bits per heavy atom. The molecule has 96 valence electrons. The fourth-order valence-electron chi connectivity index (χ4n) is 1.43. The van der Waals surface area contributed by atoms with Crippen LogP contribution < -0.4 is 5.32 Å². The smallest absolute Gasteiger partial charge is 0.263 e. The second kappa shape index (κ2) is 7.08. The standard InChI is InChI=1S/C11H17BrN2O2S/c1-7-10(17-8(2)14-7)11(15)13-5-4-9(12)6-16-3/h9H,4-6H2,1-3H3,(H,13,15). The molecule has 0 saturated carbocycles. The summed E-state index contributed by atoms with van der Waals surface area (Å²) >= 11 is 4.91. The maximum Gasteiger partial charge on any atom is 0.263 e. The molecule has 1 rings (SSSR count). The Morgan fingerprint density at radius 2 is 2.29 bits per heavy atom. The molecule has 0 aromatic carbocycles. The predicted octanol–water partition coefficient (Wildman–Crippen LogP) is 2.29. The summed E-state index contributed by atoms with van der Waals surface area (Å²) in [5.74, 6) is -0.0368. The number of aryl methyl sites for hydroxylation is 2. The van der Waals surface area contributed by atoms with Gasteiger partial charge in [-0.2, -0.15) is 0 Å². The fourth-order valence-corrected chi connectivity index (χ4v) is 2.76. The van der Waals surface area contributed by atoms with E-state index >= 15 is 0 Å². The van der Waals surface area contributed by atoms with Crippen molar-refractivity contribution >= 4 is 33.2 Å². The van der Waals surface area contributed by atoms with E-state index in [-0.39, 0.29) is 10.7 Å². The van der Waals surface area contributed by atoms with Crippen LogP contribution in [0.25, 0.3) is 0 Å². The first-order valence-corrected chi connectivity index (χ1v) is 7.13. The van der Waals surface area contributed by atoms with Crippen molar-refractivity contribution in [2.24, 2.45) is 0 Å². The van der Waals surface area contributed by atoms with Crippen LogP contribution in [0.15, 0.2) is 0 Å². The maximum atomic E-state index is 11.8. The number of alkyl halides is 1. The van der Waals surface area contributed by atoms with Gasteiger partial charge in [0.2, 0.25) is 0 Å². The predicted molar refractivity (Wildman–Crippen MR) is 73.1 cm³/mol. The molecule has 1 aromatic rings. The molecule has 0 aliphatic carbocycles. The second-order valence-electron chi connectivity index (χ2n) is 3.74. The van der Waals surface area contributed by atoms with Gasteiger partial charge in [-0.25, -0.2) is 4.98 Å². The second-order valence-corrected chi connectivity index (χ2v) is 6.24. The lowest BCUT2D eigenvalue weighted by Gasteiger charge is -2.08. The van der Waals surface area contributed by atoms with Gasteiger partial charge in [-0.15, -0.1) is 11.3 Å². The Kier molecular flexibility index (Phi) is 6.08. The molecule has 6 heteroatoms. The highest BCUT2D eigenvalue weighted by molar-refractivity contribution is 9.09. The van der Waals surface area contributed by atoms with Crippen LogP contribution in [0.2, 0.25) is 0 Å². The number of carbonyl (C=O) groups is 1. The summed E-state index contributed by atoms with van der Waals surface area (Å²) in [6.07, 6.45) is 0.844. The van der Waals surface area contributed by atoms with E-state index in [4.69, 9.17) is 4.74 Å². The summed E-state index contributed by atoms with van der Waals surface area (Å²) in [6.45, 7) is 5.04. The van der Waals surface area contributed by atoms with Gasteiger partial charge in [0.1, 0.15) is 4.88 Å². The first-order chi connectivity index (χ1) is 8.04. The number of thiazole rings is 1. The summed E-state index contributed by atoms with van der Waals surface area (Å²) < 4.78 is 5.00. The number of nitrogens with zero attached hydrogens (tertiary/aromatic N) is 1. The molecule has 1 aromatic heterocycles. The summed E-state index contributed by atoms with van der Waals surface area (Å²) in [7, 11) is 1.66. The molecule has 1 atom stereocenters. The number of methoxy groups -OCH3 is 1. The lowest BCUT2D eigenvalue weighted by molar-refractivity contribution is 0.0955. The summed E-state index contributed by atoms with van der Waals surface area (Å²) in [5.41, 5.74) is 0.803. The van der Waals surface area contributed by atoms with Crippen molar-refractivity contribution in [3.63, 3.8) is 0 Å². The third kappa shape index (κ3) is 4.73. The quantitative estimate of drug-likeness (QED) is 0.818. The molecule has 0 fully saturated rings. The Hall–Kier alpha value is -0.460. The van der Waals surface area contributed by atoms with E-state index in [1.165, 1.54) is 11.3 Å². The molecule has 1 N–H and O–H groups in total. The molecular formula is C11H17BrN2O2S. The van der Waals surface area contributed by atoms with Crippen LogP contribution in [0, 0.1) is 13.8 Å². The number of nitrogens with one attached hydrogen (secondary N) is 1. The first kappa shape index (κ1) is 14.6. The maximum absolute atomic E-state index is 11.8. The van der Waals surface area contributed by atoms with Gasteiger partial charge in [-0.05, 0) is 20.3 Å². The van der Waals surface area contributed by atoms with Gasteiger partial charge in [-0.3, -0.25) is 4.79 Å². The number of amides is 1. The highest BCUT2D eigenvalue weighted by Crippen LogP contribution is 2.16. The van der Waals surface area contributed by atoms with Crippen molar-refractivity contribution in [2.45, 2.75) is 25.1 Å². The average Bonchev–Trinajstić information content (AvgIpc) is 2.58. The highest BCUT2D eigenvalue weighted by Gasteiger charge is 2.13. The van der Waals surface area contributed by atoms with Crippen LogP contribution in [0.4, 0.5) is 0 Å². The third-order valence-corrected chi connectivity index (χ3v) is 3.99. The lowest BCUT2D eigenvalue weighted by Crippen LogP contribution is -2.26. The Labute approximate surface area is 114 Å². The average molecular weight is 321 g/mol. The van der Waals surface area contributed by atoms with E-state index in [9.17, 15) is 4.79 Å². The van der Waals surface area contributed by atoms with E-state index in [1.807, 2.05) is 13.8 Å². The van der Waals surface area contributed by atoms with Crippen molar-refractivity contribution in [1.29, 1.82) is 0 Å². The summed E-state index contributed by atoms with van der Waals surface area (Å²) in [4.78, 5) is 17.0. The van der Waals surface area contributed by atoms with Crippen molar-refractivity contribution in [3.05, 3.63) is 15.6 Å². The van der Waals surface area contributed by atoms with Gasteiger partial charge in [0.15, 0.2) is 0 Å². The van der Waals surface area contributed by atoms with Crippen LogP contribution >= 0.6 is 27.3 Å². The molecular weight excluding hydrogens is 304 g/mol. The minimum Gasteiger partial charge on any atom is -0.384 e. The topological polar surface area (TPSA) is 51.2 Å². The number of carbonyl (C=O) groups excluding carboxylic acids is 1. The number of hydrogen-bond acceptors (Lipinski definition) is 4. The van der Waals surface area contributed by atoms with E-state index in [0.29, 0.717) is 18.0 Å². The zero-order valence-corrected chi connectivity index (χ0v) is 12.7. The highest BCUT2D eigenvalue weighted by atomic mass is 79.9. The molecule has 0 aliphatic rings. The van der Waals surface area contributed by atoms with Crippen LogP contribution in [-0.2, 0) is 4.74 Å². The zero-order valence-electron chi connectivity index (χ0n) is 10.2. The third-order valence-electron chi connectivity index (χ3n) is 2.20. The van der Waals surface area contributed by atoms with Crippen LogP contribution in [0.3, 0.4) is 0 Å². The number of hydrogen-bond donors (Lipinski definition) is 1. The molecule has 0 bridgehead atoms. The lowest BCUT2D eigenvalue weighted by atomic mass is 10.3. The minimum absolute atomic E-state index is 0.0368. The van der Waals surface area contributed by atoms with Gasteiger partial charge in [0.05, 0.1) is 17.3 Å². The van der Waals surface area contributed by atoms with E-state index < -0.39 is 0 Å². The molecule has 0 aliphatic heterocycles. The van der Waals surface area contributed by atoms with E-state index in [1.54, 1.807) is 7.11 Å². The summed E-state index contributed by atoms with van der Waals surface area (Å²) in [5, 5.41) is 3.81. The fraction of sp³-hybridized carbons (Fsp3) is 0.636. The molecule has 0 saturated heterocycles. The van der Waals surface area contributed by atoms with Gasteiger partial charge >= 0.3 is 0 Å². The molecule has 1 heterocycles. The van der Waals surface area contributed by atoms with Crippen LogP contribution in [-0.4, -0.2) is 36.0 Å². The monoisotopic (exact) mass is 320 g/mol. The SMILES string of the molecule is COCC(Br)CCNC(=O)c1sc(C)nc1C. The number of rotatable bonds is 6. The van der Waals surface area contributed by atoms with Gasteiger partial charge in [0, 0.05) is 18.5 Å². The summed E-state index contributed by atoms with van der Waals surface area (Å²) in [6, 6.07) is 0. The minimum atomic E-state index is -0.0368. The molecule has 1 amide bonds. The van der Waals surface area contributed by atoms with Gasteiger partial charge < -0.3 is 10.1 Å². The number of halogens is 1. The Balaban J connectivity index is 2.37. The van der Waals surface area contributed by atoms with E-state index in [2.05, 4.69) is 26.2 Å². The van der Waals surface area contributed by atoms with E-state index in [0.717, 1.165) is 17.1 Å². The van der Waals surface area contributed by atoms with Crippen LogP contribution in [0.5, 0.6) is 0 Å². The van der Waals surface area contributed by atoms with Crippen molar-refractivity contribution in [2.75, 3.05) is 20.3 Å². The Bertz CT molecular complexity index is 382. The molecule has 0 spiro atoms. The largest absolute Gasteiger partial charge is 0.384 e. The van der Waals surface area contributed by atoms with Crippen molar-refractivity contribution in [3.8, 4) is 0 Å². The number of aromatic nitrogens is 1. The van der Waals surface area contributed by atoms with Gasteiger partial charge in [-0.1, -0.05) is 15.9 Å². The zero-order chi connectivity index (χ0) is 12.8. The number of ether oxygens (including phenoxy) is 1. The molecule has 17 heavy (non-hydrogen) atoms. The van der Waals surface area contributed by atoms with Crippen LogP contribution in [0.1, 0.15) is 26.8 Å². The van der Waals surface area contributed by atoms with Crippen molar-refractivity contribution < 1.29 is 9.53 Å². The van der Waals surface area contributed by atoms with Gasteiger partial charge in [0.25, 0.3) is 5.91 Å². The first-order valence-electron chi connectivity index (χ1n) is 5.39. The van der Waals surface area contributed by atoms with Crippen molar-refractivity contribution in [1.82, 2.24) is 10.3 Å². The molecule has 4 nitrogen and oxygen atoms in total. The molecule has 0 radical (unpaired) electrons.